The van der Waals surface area contributed by atoms with Gasteiger partial charge in [-0.15, -0.1) is 11.3 Å². The van der Waals surface area contributed by atoms with Gasteiger partial charge in [-0.3, -0.25) is 9.69 Å². The molecule has 0 radical (unpaired) electrons. The molecule has 2 aromatic rings. The molecule has 1 fully saturated rings. The Morgan fingerprint density at radius 1 is 1.17 bits per heavy atom. The lowest BCUT2D eigenvalue weighted by molar-refractivity contribution is 0.0633. The van der Waals surface area contributed by atoms with Crippen LogP contribution in [0.2, 0.25) is 0 Å². The molecule has 0 saturated carbocycles. The van der Waals surface area contributed by atoms with Crippen LogP contribution in [0.25, 0.3) is 0 Å². The van der Waals surface area contributed by atoms with Crippen LogP contribution >= 0.6 is 11.3 Å². The number of halogens is 1. The van der Waals surface area contributed by atoms with Crippen LogP contribution < -0.4 is 0 Å². The third-order valence-electron chi connectivity index (χ3n) is 4.18. The summed E-state index contributed by atoms with van der Waals surface area (Å²) < 4.78 is 13.2. The third-order valence-corrected chi connectivity index (χ3v) is 5.39. The lowest BCUT2D eigenvalue weighted by atomic mass is 10.2. The van der Waals surface area contributed by atoms with Crippen LogP contribution in [0.4, 0.5) is 4.39 Å². The molecule has 1 aliphatic rings. The van der Waals surface area contributed by atoms with Crippen LogP contribution in [-0.4, -0.2) is 41.9 Å². The molecule has 0 aliphatic carbocycles. The maximum absolute atomic E-state index is 13.2. The van der Waals surface area contributed by atoms with Gasteiger partial charge in [0.05, 0.1) is 4.88 Å². The Morgan fingerprint density at radius 3 is 2.61 bits per heavy atom. The van der Waals surface area contributed by atoms with Crippen molar-refractivity contribution >= 4 is 17.2 Å². The first-order chi connectivity index (χ1) is 11.2. The van der Waals surface area contributed by atoms with Crippen LogP contribution in [0.1, 0.15) is 27.0 Å². The Morgan fingerprint density at radius 2 is 1.96 bits per heavy atom. The van der Waals surface area contributed by atoms with E-state index < -0.39 is 0 Å². The van der Waals surface area contributed by atoms with Crippen molar-refractivity contribution in [2.24, 2.45) is 0 Å². The SMILES string of the molecule is CCc1ccc(C(=O)N2CCN(Cc3cccc(F)c3)CC2)s1. The van der Waals surface area contributed by atoms with E-state index in [4.69, 9.17) is 0 Å². The Balaban J connectivity index is 1.54. The van der Waals surface area contributed by atoms with Gasteiger partial charge >= 0.3 is 0 Å². The van der Waals surface area contributed by atoms with Gasteiger partial charge in [0.1, 0.15) is 5.82 Å². The molecular weight excluding hydrogens is 311 g/mol. The lowest BCUT2D eigenvalue weighted by Gasteiger charge is -2.34. The molecule has 122 valence electrons. The Kier molecular flexibility index (Phi) is 5.08. The Labute approximate surface area is 140 Å². The van der Waals surface area contributed by atoms with Crippen molar-refractivity contribution in [1.82, 2.24) is 9.80 Å². The van der Waals surface area contributed by atoms with Crippen molar-refractivity contribution in [1.29, 1.82) is 0 Å². The number of thiophene rings is 1. The molecule has 1 aromatic heterocycles. The molecule has 1 amide bonds. The van der Waals surface area contributed by atoms with Crippen LogP contribution in [0, 0.1) is 5.82 Å². The van der Waals surface area contributed by atoms with Crippen molar-refractivity contribution in [2.45, 2.75) is 19.9 Å². The predicted octanol–water partition coefficient (Wildman–Crippen LogP) is 3.41. The third kappa shape index (κ3) is 3.98. The standard InChI is InChI=1S/C18H21FN2OS/c1-2-16-6-7-17(23-16)18(22)21-10-8-20(9-11-21)13-14-4-3-5-15(19)12-14/h3-7,12H,2,8-11,13H2,1H3. The first-order valence-electron chi connectivity index (χ1n) is 8.00. The summed E-state index contributed by atoms with van der Waals surface area (Å²) >= 11 is 1.59. The van der Waals surface area contributed by atoms with Gasteiger partial charge in [0, 0.05) is 37.6 Å². The number of carbonyl (C=O) groups excluding carboxylic acids is 1. The average molecular weight is 332 g/mol. The molecule has 5 heteroatoms. The number of amides is 1. The van der Waals surface area contributed by atoms with Gasteiger partial charge in [0.25, 0.3) is 5.91 Å². The summed E-state index contributed by atoms with van der Waals surface area (Å²) in [6.45, 7) is 5.95. The van der Waals surface area contributed by atoms with Crippen LogP contribution in [-0.2, 0) is 13.0 Å². The number of hydrogen-bond donors (Lipinski definition) is 0. The van der Waals surface area contributed by atoms with Gasteiger partial charge in [0.2, 0.25) is 0 Å². The summed E-state index contributed by atoms with van der Waals surface area (Å²) in [5, 5.41) is 0. The van der Waals surface area contributed by atoms with E-state index in [-0.39, 0.29) is 11.7 Å². The summed E-state index contributed by atoms with van der Waals surface area (Å²) in [4.78, 5) is 18.8. The van der Waals surface area contributed by atoms with Crippen molar-refractivity contribution in [2.75, 3.05) is 26.2 Å². The maximum atomic E-state index is 13.2. The summed E-state index contributed by atoms with van der Waals surface area (Å²) in [7, 11) is 0. The molecule has 0 atom stereocenters. The molecule has 1 saturated heterocycles. The number of nitrogens with zero attached hydrogens (tertiary/aromatic N) is 2. The van der Waals surface area contributed by atoms with E-state index in [1.165, 1.54) is 10.9 Å². The predicted molar refractivity (Wildman–Crippen MR) is 91.3 cm³/mol. The average Bonchev–Trinajstić information content (AvgIpc) is 3.04. The monoisotopic (exact) mass is 332 g/mol. The molecule has 0 unspecified atom stereocenters. The molecule has 0 N–H and O–H groups in total. The second kappa shape index (κ2) is 7.23. The zero-order chi connectivity index (χ0) is 16.2. The number of hydrogen-bond acceptors (Lipinski definition) is 3. The van der Waals surface area contributed by atoms with E-state index in [2.05, 4.69) is 11.8 Å². The van der Waals surface area contributed by atoms with Crippen molar-refractivity contribution in [3.63, 3.8) is 0 Å². The Hall–Kier alpha value is -1.72. The zero-order valence-corrected chi connectivity index (χ0v) is 14.1. The number of carbonyl (C=O) groups is 1. The van der Waals surface area contributed by atoms with E-state index in [0.717, 1.165) is 49.6 Å². The molecule has 23 heavy (non-hydrogen) atoms. The highest BCUT2D eigenvalue weighted by atomic mass is 32.1. The quantitative estimate of drug-likeness (QED) is 0.857. The molecule has 3 nitrogen and oxygen atoms in total. The minimum atomic E-state index is -0.194. The molecule has 1 aliphatic heterocycles. The van der Waals surface area contributed by atoms with Gasteiger partial charge in [-0.05, 0) is 36.2 Å². The minimum Gasteiger partial charge on any atom is -0.335 e. The topological polar surface area (TPSA) is 23.6 Å². The second-order valence-corrected chi connectivity index (χ2v) is 6.99. The maximum Gasteiger partial charge on any atom is 0.264 e. The smallest absolute Gasteiger partial charge is 0.264 e. The molecule has 3 rings (SSSR count). The summed E-state index contributed by atoms with van der Waals surface area (Å²) in [6, 6.07) is 10.7. The lowest BCUT2D eigenvalue weighted by Crippen LogP contribution is -2.48. The normalized spacial score (nSPS) is 15.8. The molecule has 1 aromatic carbocycles. The molecule has 0 bridgehead atoms. The van der Waals surface area contributed by atoms with Crippen LogP contribution in [0.15, 0.2) is 36.4 Å². The van der Waals surface area contributed by atoms with Gasteiger partial charge in [-0.2, -0.15) is 0 Å². The van der Waals surface area contributed by atoms with Gasteiger partial charge in [0.15, 0.2) is 0 Å². The molecule has 2 heterocycles. The number of benzene rings is 1. The van der Waals surface area contributed by atoms with Crippen molar-refractivity contribution in [3.05, 3.63) is 57.5 Å². The number of aryl methyl sites for hydroxylation is 1. The largest absolute Gasteiger partial charge is 0.335 e. The van der Waals surface area contributed by atoms with E-state index in [1.807, 2.05) is 23.1 Å². The van der Waals surface area contributed by atoms with E-state index in [1.54, 1.807) is 23.5 Å². The first-order valence-corrected chi connectivity index (χ1v) is 8.82. The second-order valence-electron chi connectivity index (χ2n) is 5.82. The van der Waals surface area contributed by atoms with E-state index in [0.29, 0.717) is 0 Å². The summed E-state index contributed by atoms with van der Waals surface area (Å²) in [5.74, 6) is -0.0548. The highest BCUT2D eigenvalue weighted by Crippen LogP contribution is 2.20. The zero-order valence-electron chi connectivity index (χ0n) is 13.3. The number of rotatable bonds is 4. The van der Waals surface area contributed by atoms with Crippen molar-refractivity contribution < 1.29 is 9.18 Å². The fraction of sp³-hybridized carbons (Fsp3) is 0.389. The van der Waals surface area contributed by atoms with Crippen LogP contribution in [0.3, 0.4) is 0 Å². The fourth-order valence-corrected chi connectivity index (χ4v) is 3.76. The Bertz CT molecular complexity index is 677. The highest BCUT2D eigenvalue weighted by molar-refractivity contribution is 7.14. The molecule has 0 spiro atoms. The van der Waals surface area contributed by atoms with Gasteiger partial charge in [-0.1, -0.05) is 19.1 Å². The minimum absolute atomic E-state index is 0.139. The molecular formula is C18H21FN2OS. The fourth-order valence-electron chi connectivity index (χ4n) is 2.84. The first kappa shape index (κ1) is 16.1. The van der Waals surface area contributed by atoms with E-state index in [9.17, 15) is 9.18 Å². The van der Waals surface area contributed by atoms with Crippen LogP contribution in [0.5, 0.6) is 0 Å². The summed E-state index contributed by atoms with van der Waals surface area (Å²) in [6.07, 6.45) is 0.972. The van der Waals surface area contributed by atoms with E-state index >= 15 is 0 Å². The number of piperazine rings is 1. The van der Waals surface area contributed by atoms with Gasteiger partial charge in [-0.25, -0.2) is 4.39 Å². The van der Waals surface area contributed by atoms with Gasteiger partial charge < -0.3 is 4.90 Å². The summed E-state index contributed by atoms with van der Waals surface area (Å²) in [5.41, 5.74) is 0.982. The van der Waals surface area contributed by atoms with Crippen molar-refractivity contribution in [3.8, 4) is 0 Å². The highest BCUT2D eigenvalue weighted by Gasteiger charge is 2.23.